The molecule has 0 radical (unpaired) electrons. The van der Waals surface area contributed by atoms with E-state index in [0.717, 1.165) is 16.2 Å². The minimum absolute atomic E-state index is 0.00847. The average Bonchev–Trinajstić information content (AvgIpc) is 3.36. The zero-order valence-electron chi connectivity index (χ0n) is 22.6. The van der Waals surface area contributed by atoms with Crippen molar-refractivity contribution in [1.29, 1.82) is 0 Å². The summed E-state index contributed by atoms with van der Waals surface area (Å²) in [6.07, 6.45) is -2.43. The molecule has 1 aromatic carbocycles. The van der Waals surface area contributed by atoms with Crippen molar-refractivity contribution in [1.82, 2.24) is 14.8 Å². The van der Waals surface area contributed by atoms with Gasteiger partial charge in [-0.15, -0.1) is 11.3 Å². The lowest BCUT2D eigenvalue weighted by atomic mass is 9.96. The fourth-order valence-corrected chi connectivity index (χ4v) is 6.00. The number of amides is 2. The lowest BCUT2D eigenvalue weighted by Gasteiger charge is -2.32. The summed E-state index contributed by atoms with van der Waals surface area (Å²) in [4.78, 5) is 34.0. The van der Waals surface area contributed by atoms with Gasteiger partial charge in [0.15, 0.2) is 5.01 Å². The van der Waals surface area contributed by atoms with Crippen molar-refractivity contribution in [3.63, 3.8) is 0 Å². The monoisotopic (exact) mass is 567 g/mol. The zero-order chi connectivity index (χ0) is 28.9. The number of thiazole rings is 1. The van der Waals surface area contributed by atoms with Crippen LogP contribution in [0.5, 0.6) is 5.75 Å². The molecular formula is C27H35F2N3O6S. The highest BCUT2D eigenvalue weighted by Gasteiger charge is 2.46. The van der Waals surface area contributed by atoms with Crippen molar-refractivity contribution in [2.75, 3.05) is 19.6 Å². The average molecular weight is 568 g/mol. The van der Waals surface area contributed by atoms with Gasteiger partial charge >= 0.3 is 0 Å². The topological polar surface area (TPSA) is 123 Å². The molecule has 3 atom stereocenters. The van der Waals surface area contributed by atoms with E-state index in [-0.39, 0.29) is 41.2 Å². The molecule has 2 amide bonds. The van der Waals surface area contributed by atoms with Gasteiger partial charge in [0.25, 0.3) is 17.7 Å². The highest BCUT2D eigenvalue weighted by atomic mass is 32.1. The number of likely N-dealkylation sites (tertiary alicyclic amines) is 2. The number of hydrogen-bond acceptors (Lipinski definition) is 8. The van der Waals surface area contributed by atoms with Crippen molar-refractivity contribution >= 4 is 23.2 Å². The van der Waals surface area contributed by atoms with Gasteiger partial charge in [0.2, 0.25) is 0 Å². The number of hydrogen-bond donors (Lipinski definition) is 3. The Kier molecular flexibility index (Phi) is 8.06. The smallest absolute Gasteiger partial charge is 0.283 e. The number of nitrogens with zero attached hydrogens (tertiary/aromatic N) is 3. The van der Waals surface area contributed by atoms with Crippen LogP contribution in [-0.2, 0) is 5.60 Å². The Balaban J connectivity index is 1.83. The van der Waals surface area contributed by atoms with Gasteiger partial charge in [-0.1, -0.05) is 6.07 Å². The minimum Gasteiger partial charge on any atom is -0.490 e. The number of benzene rings is 1. The number of rotatable bonds is 6. The highest BCUT2D eigenvalue weighted by Crippen LogP contribution is 2.42. The van der Waals surface area contributed by atoms with Crippen molar-refractivity contribution in [3.8, 4) is 16.2 Å². The Labute approximate surface area is 230 Å². The van der Waals surface area contributed by atoms with Crippen LogP contribution in [0.1, 0.15) is 73.3 Å². The van der Waals surface area contributed by atoms with Crippen LogP contribution in [0.2, 0.25) is 0 Å². The maximum atomic E-state index is 14.2. The van der Waals surface area contributed by atoms with Gasteiger partial charge in [-0.05, 0) is 52.3 Å². The summed E-state index contributed by atoms with van der Waals surface area (Å²) in [5.74, 6) is -4.02. The molecule has 2 aromatic rings. The molecule has 0 aliphatic carbocycles. The molecule has 2 fully saturated rings. The molecule has 0 bridgehead atoms. The van der Waals surface area contributed by atoms with Crippen LogP contribution in [0, 0.1) is 0 Å². The maximum Gasteiger partial charge on any atom is 0.283 e. The van der Waals surface area contributed by atoms with Crippen LogP contribution in [-0.4, -0.2) is 91.8 Å². The number of aromatic nitrogens is 1. The minimum atomic E-state index is -3.04. The second-order valence-electron chi connectivity index (χ2n) is 11.2. The molecular weight excluding hydrogens is 532 g/mol. The summed E-state index contributed by atoms with van der Waals surface area (Å²) in [6, 6.07) is 4.23. The molecule has 3 heterocycles. The third kappa shape index (κ3) is 6.40. The highest BCUT2D eigenvalue weighted by molar-refractivity contribution is 7.17. The van der Waals surface area contributed by atoms with Crippen molar-refractivity contribution in [3.05, 3.63) is 34.5 Å². The van der Waals surface area contributed by atoms with Gasteiger partial charge in [-0.3, -0.25) is 9.59 Å². The third-order valence-electron chi connectivity index (χ3n) is 6.79. The number of β-amino-alcohol motifs (C(OH)–C–C–N with tert-alkyl or cyclic N) is 2. The first-order chi connectivity index (χ1) is 18.1. The fourth-order valence-electron chi connectivity index (χ4n) is 4.95. The van der Waals surface area contributed by atoms with Crippen LogP contribution < -0.4 is 4.74 Å². The molecule has 214 valence electrons. The Morgan fingerprint density at radius 3 is 2.36 bits per heavy atom. The van der Waals surface area contributed by atoms with E-state index in [1.807, 2.05) is 13.8 Å². The molecule has 0 saturated carbocycles. The fraction of sp³-hybridized carbons (Fsp3) is 0.593. The Hall–Kier alpha value is -2.67. The van der Waals surface area contributed by atoms with E-state index in [1.54, 1.807) is 39.0 Å². The quantitative estimate of drug-likeness (QED) is 0.490. The summed E-state index contributed by atoms with van der Waals surface area (Å²) in [5, 5.41) is 30.6. The predicted molar refractivity (Wildman–Crippen MR) is 141 cm³/mol. The molecule has 9 nitrogen and oxygen atoms in total. The van der Waals surface area contributed by atoms with E-state index in [1.165, 1.54) is 4.90 Å². The van der Waals surface area contributed by atoms with Crippen molar-refractivity contribution < 1.29 is 38.4 Å². The predicted octanol–water partition coefficient (Wildman–Crippen LogP) is 3.26. The number of carbonyl (C=O) groups is 2. The summed E-state index contributed by atoms with van der Waals surface area (Å²) in [6.45, 7) is 7.64. The van der Waals surface area contributed by atoms with Gasteiger partial charge in [-0.2, -0.15) is 0 Å². The molecule has 0 spiro atoms. The van der Waals surface area contributed by atoms with Gasteiger partial charge in [0, 0.05) is 37.5 Å². The number of halogens is 2. The summed E-state index contributed by atoms with van der Waals surface area (Å²) >= 11 is 0.917. The molecule has 39 heavy (non-hydrogen) atoms. The van der Waals surface area contributed by atoms with E-state index < -0.39 is 54.6 Å². The van der Waals surface area contributed by atoms with E-state index in [9.17, 15) is 33.7 Å². The molecule has 2 saturated heterocycles. The largest absolute Gasteiger partial charge is 0.490 e. The van der Waals surface area contributed by atoms with Crippen LogP contribution in [0.4, 0.5) is 8.78 Å². The van der Waals surface area contributed by atoms with Gasteiger partial charge in [0.1, 0.15) is 11.4 Å². The Morgan fingerprint density at radius 2 is 1.82 bits per heavy atom. The SMILES string of the molecule is CC(C)Oc1cc(C(C)(C)O)ccc1-c1sc(C(=O)N2C[C@H](O)C[C@H](O)C2)nc1C(=O)N1CC(F)(F)C[C@@H]1C. The maximum absolute atomic E-state index is 14.2. The first-order valence-corrected chi connectivity index (χ1v) is 13.8. The number of ether oxygens (including phenoxy) is 1. The normalized spacial score (nSPS) is 23.4. The van der Waals surface area contributed by atoms with Crippen LogP contribution in [0.15, 0.2) is 18.2 Å². The number of aliphatic hydroxyl groups is 3. The molecule has 2 aliphatic rings. The standard InChI is InChI=1S/C27H35F2N3O6S/c1-14(2)38-20-8-16(26(4,5)37)6-7-19(20)22-21(24(35)32-13-27(28,29)10-15(32)3)30-23(39-22)25(36)31-11-17(33)9-18(34)12-31/h6-8,14-15,17-18,33-34,37H,9-13H2,1-5H3/t15-,17-,18+/m0/s1. The Morgan fingerprint density at radius 1 is 1.18 bits per heavy atom. The van der Waals surface area contributed by atoms with E-state index in [4.69, 9.17) is 4.74 Å². The van der Waals surface area contributed by atoms with Crippen LogP contribution in [0.25, 0.3) is 10.4 Å². The van der Waals surface area contributed by atoms with Gasteiger partial charge in [0.05, 0.1) is 35.3 Å². The zero-order valence-corrected chi connectivity index (χ0v) is 23.5. The second kappa shape index (κ2) is 10.7. The summed E-state index contributed by atoms with van der Waals surface area (Å²) in [7, 11) is 0. The number of piperidine rings is 1. The van der Waals surface area contributed by atoms with Crippen molar-refractivity contribution in [2.24, 2.45) is 0 Å². The molecule has 0 unspecified atom stereocenters. The Bertz CT molecular complexity index is 1230. The van der Waals surface area contributed by atoms with E-state index in [2.05, 4.69) is 4.98 Å². The third-order valence-corrected chi connectivity index (χ3v) is 7.87. The summed E-state index contributed by atoms with van der Waals surface area (Å²) < 4.78 is 34.4. The van der Waals surface area contributed by atoms with Crippen LogP contribution >= 0.6 is 11.3 Å². The molecule has 1 aromatic heterocycles. The lowest BCUT2D eigenvalue weighted by molar-refractivity contribution is -0.00387. The second-order valence-corrected chi connectivity index (χ2v) is 12.2. The molecule has 4 rings (SSSR count). The van der Waals surface area contributed by atoms with Crippen molar-refractivity contribution in [2.45, 2.75) is 83.3 Å². The summed E-state index contributed by atoms with van der Waals surface area (Å²) in [5.41, 5.74) is -0.364. The lowest BCUT2D eigenvalue weighted by Crippen LogP contribution is -2.48. The molecule has 2 aliphatic heterocycles. The molecule has 12 heteroatoms. The molecule has 3 N–H and O–H groups in total. The first kappa shape index (κ1) is 29.3. The van der Waals surface area contributed by atoms with E-state index in [0.29, 0.717) is 16.9 Å². The number of aliphatic hydroxyl groups excluding tert-OH is 2. The van der Waals surface area contributed by atoms with Gasteiger partial charge in [-0.25, -0.2) is 13.8 Å². The first-order valence-electron chi connectivity index (χ1n) is 12.9. The number of carbonyl (C=O) groups excluding carboxylic acids is 2. The van der Waals surface area contributed by atoms with Gasteiger partial charge < -0.3 is 29.9 Å². The van der Waals surface area contributed by atoms with E-state index >= 15 is 0 Å². The number of alkyl halides is 2. The van der Waals surface area contributed by atoms with Crippen LogP contribution in [0.3, 0.4) is 0 Å².